The zero-order valence-corrected chi connectivity index (χ0v) is 10.3. The highest BCUT2D eigenvalue weighted by molar-refractivity contribution is 9.10. The summed E-state index contributed by atoms with van der Waals surface area (Å²) in [6, 6.07) is 7.90. The van der Waals surface area contributed by atoms with Crippen LogP contribution in [-0.4, -0.2) is 11.5 Å². The molecule has 0 radical (unpaired) electrons. The Kier molecular flexibility index (Phi) is 4.42. The standard InChI is InChI=1S/C11H11BrOS/c1-8(2)11(13)7-14-10-5-3-4-9(12)6-10/h3-6H,1,7H2,2H3. The molecule has 14 heavy (non-hydrogen) atoms. The molecule has 0 spiro atoms. The average molecular weight is 271 g/mol. The largest absolute Gasteiger partial charge is 0.294 e. The lowest BCUT2D eigenvalue weighted by atomic mass is 10.2. The van der Waals surface area contributed by atoms with Crippen molar-refractivity contribution in [3.63, 3.8) is 0 Å². The first-order valence-corrected chi connectivity index (χ1v) is 5.94. The third kappa shape index (κ3) is 3.68. The Morgan fingerprint density at radius 1 is 1.57 bits per heavy atom. The summed E-state index contributed by atoms with van der Waals surface area (Å²) in [5, 5.41) is 0. The summed E-state index contributed by atoms with van der Waals surface area (Å²) in [5.74, 6) is 0.571. The Hall–Kier alpha value is -0.540. The van der Waals surface area contributed by atoms with Gasteiger partial charge >= 0.3 is 0 Å². The second-order valence-electron chi connectivity index (χ2n) is 2.95. The average Bonchev–Trinajstić information content (AvgIpc) is 2.14. The highest BCUT2D eigenvalue weighted by Crippen LogP contribution is 2.22. The van der Waals surface area contributed by atoms with Crippen LogP contribution in [0.3, 0.4) is 0 Å². The van der Waals surface area contributed by atoms with E-state index < -0.39 is 0 Å². The zero-order valence-electron chi connectivity index (χ0n) is 7.92. The van der Waals surface area contributed by atoms with Crippen molar-refractivity contribution in [1.29, 1.82) is 0 Å². The molecule has 0 aliphatic carbocycles. The second-order valence-corrected chi connectivity index (χ2v) is 4.91. The maximum absolute atomic E-state index is 11.3. The van der Waals surface area contributed by atoms with E-state index in [9.17, 15) is 4.79 Å². The monoisotopic (exact) mass is 270 g/mol. The van der Waals surface area contributed by atoms with E-state index in [1.54, 1.807) is 6.92 Å². The van der Waals surface area contributed by atoms with Crippen LogP contribution in [0.15, 0.2) is 45.8 Å². The minimum atomic E-state index is 0.106. The molecule has 0 bridgehead atoms. The van der Waals surface area contributed by atoms with Crippen molar-refractivity contribution < 1.29 is 4.79 Å². The predicted molar refractivity (Wildman–Crippen MR) is 64.7 cm³/mol. The lowest BCUT2D eigenvalue weighted by Crippen LogP contribution is -2.01. The Bertz CT molecular complexity index is 360. The van der Waals surface area contributed by atoms with E-state index in [1.165, 1.54) is 11.8 Å². The van der Waals surface area contributed by atoms with Crippen LogP contribution in [0, 0.1) is 0 Å². The normalized spacial score (nSPS) is 9.86. The smallest absolute Gasteiger partial charge is 0.168 e. The van der Waals surface area contributed by atoms with E-state index in [2.05, 4.69) is 22.5 Å². The highest BCUT2D eigenvalue weighted by Gasteiger charge is 2.03. The third-order valence-corrected chi connectivity index (χ3v) is 3.13. The summed E-state index contributed by atoms with van der Waals surface area (Å²) >= 11 is 4.91. The van der Waals surface area contributed by atoms with Crippen LogP contribution >= 0.6 is 27.7 Å². The first-order chi connectivity index (χ1) is 6.59. The Labute approximate surface area is 96.7 Å². The van der Waals surface area contributed by atoms with Gasteiger partial charge in [-0.3, -0.25) is 4.79 Å². The van der Waals surface area contributed by atoms with Crippen molar-refractivity contribution in [1.82, 2.24) is 0 Å². The summed E-state index contributed by atoms with van der Waals surface area (Å²) in [5.41, 5.74) is 0.618. The van der Waals surface area contributed by atoms with Crippen LogP contribution in [0.5, 0.6) is 0 Å². The number of rotatable bonds is 4. The molecule has 1 aromatic carbocycles. The molecule has 0 saturated heterocycles. The molecule has 3 heteroatoms. The van der Waals surface area contributed by atoms with Crippen LogP contribution < -0.4 is 0 Å². The lowest BCUT2D eigenvalue weighted by Gasteiger charge is -2.01. The highest BCUT2D eigenvalue weighted by atomic mass is 79.9. The van der Waals surface area contributed by atoms with Crippen LogP contribution in [0.25, 0.3) is 0 Å². The number of carbonyl (C=O) groups is 1. The first kappa shape index (κ1) is 11.5. The Morgan fingerprint density at radius 2 is 2.29 bits per heavy atom. The molecule has 0 fully saturated rings. The van der Waals surface area contributed by atoms with Gasteiger partial charge in [0.1, 0.15) is 0 Å². The molecule has 0 heterocycles. The van der Waals surface area contributed by atoms with Crippen molar-refractivity contribution in [2.45, 2.75) is 11.8 Å². The number of Topliss-reactive ketones (excluding diaryl/α,β-unsaturated/α-hetero) is 1. The van der Waals surface area contributed by atoms with Gasteiger partial charge in [-0.05, 0) is 30.7 Å². The Morgan fingerprint density at radius 3 is 2.86 bits per heavy atom. The Balaban J connectivity index is 2.54. The maximum Gasteiger partial charge on any atom is 0.168 e. The summed E-state index contributed by atoms with van der Waals surface area (Å²) < 4.78 is 1.03. The van der Waals surface area contributed by atoms with Gasteiger partial charge in [0, 0.05) is 9.37 Å². The van der Waals surface area contributed by atoms with Gasteiger partial charge in [-0.2, -0.15) is 0 Å². The molecule has 0 aromatic heterocycles. The predicted octanol–water partition coefficient (Wildman–Crippen LogP) is 3.69. The molecular weight excluding hydrogens is 260 g/mol. The van der Waals surface area contributed by atoms with Crippen molar-refractivity contribution in [3.8, 4) is 0 Å². The second kappa shape index (κ2) is 5.37. The van der Waals surface area contributed by atoms with Gasteiger partial charge in [0.15, 0.2) is 5.78 Å². The quantitative estimate of drug-likeness (QED) is 0.613. The summed E-state index contributed by atoms with van der Waals surface area (Å²) in [7, 11) is 0. The molecule has 0 atom stereocenters. The number of hydrogen-bond donors (Lipinski definition) is 0. The molecule has 1 aromatic rings. The molecule has 0 aliphatic heterocycles. The fourth-order valence-corrected chi connectivity index (χ4v) is 2.31. The van der Waals surface area contributed by atoms with Gasteiger partial charge < -0.3 is 0 Å². The van der Waals surface area contributed by atoms with Gasteiger partial charge in [0.05, 0.1) is 5.75 Å². The zero-order chi connectivity index (χ0) is 10.6. The van der Waals surface area contributed by atoms with E-state index in [0.717, 1.165) is 9.37 Å². The fourth-order valence-electron chi connectivity index (χ4n) is 0.829. The number of carbonyl (C=O) groups excluding carboxylic acids is 1. The molecular formula is C11H11BrOS. The number of allylic oxidation sites excluding steroid dienone is 1. The van der Waals surface area contributed by atoms with Gasteiger partial charge in [-0.1, -0.05) is 28.6 Å². The maximum atomic E-state index is 11.3. The molecule has 1 nitrogen and oxygen atoms in total. The molecule has 0 unspecified atom stereocenters. The van der Waals surface area contributed by atoms with E-state index in [0.29, 0.717) is 11.3 Å². The van der Waals surface area contributed by atoms with Gasteiger partial charge in [-0.15, -0.1) is 11.8 Å². The number of ketones is 1. The van der Waals surface area contributed by atoms with Gasteiger partial charge in [0.2, 0.25) is 0 Å². The van der Waals surface area contributed by atoms with Crippen LogP contribution in [-0.2, 0) is 4.79 Å². The number of thioether (sulfide) groups is 1. The lowest BCUT2D eigenvalue weighted by molar-refractivity contribution is -0.113. The third-order valence-electron chi connectivity index (χ3n) is 1.64. The van der Waals surface area contributed by atoms with E-state index in [1.807, 2.05) is 24.3 Å². The van der Waals surface area contributed by atoms with Crippen LogP contribution in [0.4, 0.5) is 0 Å². The summed E-state index contributed by atoms with van der Waals surface area (Å²) in [4.78, 5) is 12.4. The van der Waals surface area contributed by atoms with E-state index >= 15 is 0 Å². The molecule has 0 saturated carbocycles. The van der Waals surface area contributed by atoms with Crippen molar-refractivity contribution in [2.75, 3.05) is 5.75 Å². The van der Waals surface area contributed by atoms with Crippen molar-refractivity contribution in [3.05, 3.63) is 40.9 Å². The molecule has 0 N–H and O–H groups in total. The SMILES string of the molecule is C=C(C)C(=O)CSc1cccc(Br)c1. The van der Waals surface area contributed by atoms with Crippen LogP contribution in [0.1, 0.15) is 6.92 Å². The number of hydrogen-bond acceptors (Lipinski definition) is 2. The van der Waals surface area contributed by atoms with Crippen molar-refractivity contribution >= 4 is 33.5 Å². The van der Waals surface area contributed by atoms with E-state index in [-0.39, 0.29) is 5.78 Å². The molecule has 0 amide bonds. The van der Waals surface area contributed by atoms with Gasteiger partial charge in [0.25, 0.3) is 0 Å². The minimum absolute atomic E-state index is 0.106. The molecule has 0 aliphatic rings. The van der Waals surface area contributed by atoms with Crippen molar-refractivity contribution in [2.24, 2.45) is 0 Å². The fraction of sp³-hybridized carbons (Fsp3) is 0.182. The van der Waals surface area contributed by atoms with Gasteiger partial charge in [-0.25, -0.2) is 0 Å². The number of benzene rings is 1. The summed E-state index contributed by atoms with van der Waals surface area (Å²) in [6.07, 6.45) is 0. The summed E-state index contributed by atoms with van der Waals surface area (Å²) in [6.45, 7) is 5.35. The first-order valence-electron chi connectivity index (χ1n) is 4.16. The van der Waals surface area contributed by atoms with Crippen LogP contribution in [0.2, 0.25) is 0 Å². The minimum Gasteiger partial charge on any atom is -0.294 e. The molecule has 74 valence electrons. The number of halogens is 1. The van der Waals surface area contributed by atoms with E-state index in [4.69, 9.17) is 0 Å². The topological polar surface area (TPSA) is 17.1 Å². The molecule has 1 rings (SSSR count).